The van der Waals surface area contributed by atoms with Crippen molar-refractivity contribution in [3.05, 3.63) is 11.6 Å². The lowest BCUT2D eigenvalue weighted by Gasteiger charge is -2.76. The fourth-order valence-corrected chi connectivity index (χ4v) is 11.6. The molecule has 0 unspecified atom stereocenters. The molecule has 0 aromatic carbocycles. The first-order valence-corrected chi connectivity index (χ1v) is 14.2. The molecule has 33 heavy (non-hydrogen) atoms. The van der Waals surface area contributed by atoms with E-state index in [0.717, 1.165) is 24.7 Å². The third-order valence-corrected chi connectivity index (χ3v) is 14.6. The van der Waals surface area contributed by atoms with Gasteiger partial charge in [0.25, 0.3) is 0 Å². The minimum absolute atomic E-state index is 0.0249. The standard InChI is InChI=1S/C31H52O2/c1-20-21(19-32)11-13-27(4)15-16-28(5)22(25(20)27)9-10-23-29(28,6)17-18-31(8)26(2,3)24(33)12-14-30(23,31)7/h11,20,22-25,32-33H,9-10,12-19H2,1-8H3/t20-,22-,23+,24+,25-,27-,28-,29-,30-,31+/m1/s1. The van der Waals surface area contributed by atoms with Gasteiger partial charge >= 0.3 is 0 Å². The van der Waals surface area contributed by atoms with Crippen molar-refractivity contribution in [2.24, 2.45) is 56.2 Å². The lowest BCUT2D eigenvalue weighted by atomic mass is 9.29. The zero-order valence-electron chi connectivity index (χ0n) is 22.9. The zero-order valence-corrected chi connectivity index (χ0v) is 22.9. The molecule has 0 heterocycles. The monoisotopic (exact) mass is 456 g/mol. The van der Waals surface area contributed by atoms with Crippen LogP contribution in [-0.2, 0) is 0 Å². The van der Waals surface area contributed by atoms with Gasteiger partial charge < -0.3 is 10.2 Å². The van der Waals surface area contributed by atoms with Crippen molar-refractivity contribution in [1.29, 1.82) is 0 Å². The molecule has 10 atom stereocenters. The molecule has 2 N–H and O–H groups in total. The van der Waals surface area contributed by atoms with Crippen LogP contribution in [0.25, 0.3) is 0 Å². The summed E-state index contributed by atoms with van der Waals surface area (Å²) in [5.41, 5.74) is 2.91. The maximum absolute atomic E-state index is 11.1. The third kappa shape index (κ3) is 2.69. The summed E-state index contributed by atoms with van der Waals surface area (Å²) < 4.78 is 0. The summed E-state index contributed by atoms with van der Waals surface area (Å²) >= 11 is 0. The first kappa shape index (κ1) is 24.4. The summed E-state index contributed by atoms with van der Waals surface area (Å²) in [6.45, 7) is 20.5. The van der Waals surface area contributed by atoms with Crippen molar-refractivity contribution >= 4 is 0 Å². The molecule has 0 bridgehead atoms. The van der Waals surface area contributed by atoms with Gasteiger partial charge in [-0.05, 0) is 120 Å². The molecule has 0 aliphatic heterocycles. The molecular formula is C31H52O2. The van der Waals surface area contributed by atoms with Crippen LogP contribution in [-0.4, -0.2) is 22.9 Å². The summed E-state index contributed by atoms with van der Waals surface area (Å²) in [5.74, 6) is 2.71. The van der Waals surface area contributed by atoms with Gasteiger partial charge in [0.2, 0.25) is 0 Å². The summed E-state index contributed by atoms with van der Waals surface area (Å²) in [6, 6.07) is 0. The van der Waals surface area contributed by atoms with E-state index >= 15 is 0 Å². The van der Waals surface area contributed by atoms with Gasteiger partial charge in [0.1, 0.15) is 0 Å². The van der Waals surface area contributed by atoms with Crippen molar-refractivity contribution in [3.63, 3.8) is 0 Å². The van der Waals surface area contributed by atoms with E-state index in [0.29, 0.717) is 33.5 Å². The first-order valence-electron chi connectivity index (χ1n) is 14.2. The van der Waals surface area contributed by atoms with Crippen LogP contribution in [0.15, 0.2) is 11.6 Å². The molecule has 4 saturated carbocycles. The summed E-state index contributed by atoms with van der Waals surface area (Å²) in [7, 11) is 0. The first-order chi connectivity index (χ1) is 15.2. The van der Waals surface area contributed by atoms with Crippen LogP contribution in [0.3, 0.4) is 0 Å². The van der Waals surface area contributed by atoms with Crippen LogP contribution in [0.2, 0.25) is 0 Å². The summed E-state index contributed by atoms with van der Waals surface area (Å²) in [5, 5.41) is 21.2. The van der Waals surface area contributed by atoms with Crippen molar-refractivity contribution < 1.29 is 10.2 Å². The largest absolute Gasteiger partial charge is 0.393 e. The van der Waals surface area contributed by atoms with Crippen molar-refractivity contribution in [3.8, 4) is 0 Å². The van der Waals surface area contributed by atoms with Gasteiger partial charge in [-0.3, -0.25) is 0 Å². The number of hydrogen-bond donors (Lipinski definition) is 2. The fraction of sp³-hybridized carbons (Fsp3) is 0.935. The second-order valence-corrected chi connectivity index (χ2v) is 15.2. The van der Waals surface area contributed by atoms with Crippen LogP contribution in [0.5, 0.6) is 0 Å². The lowest BCUT2D eigenvalue weighted by Crippen LogP contribution is -2.70. The van der Waals surface area contributed by atoms with E-state index in [4.69, 9.17) is 0 Å². The maximum Gasteiger partial charge on any atom is 0.0644 e. The Bertz CT molecular complexity index is 844. The molecule has 5 aliphatic carbocycles. The van der Waals surface area contributed by atoms with Gasteiger partial charge in [-0.25, -0.2) is 0 Å². The van der Waals surface area contributed by atoms with Crippen molar-refractivity contribution in [2.75, 3.05) is 6.61 Å². The minimum atomic E-state index is -0.172. The average Bonchev–Trinajstić information content (AvgIpc) is 2.75. The number of aliphatic hydroxyl groups excluding tert-OH is 2. The number of rotatable bonds is 1. The molecule has 0 radical (unpaired) electrons. The molecule has 188 valence electrons. The van der Waals surface area contributed by atoms with Crippen LogP contribution < -0.4 is 0 Å². The van der Waals surface area contributed by atoms with E-state index < -0.39 is 0 Å². The predicted octanol–water partition coefficient (Wildman–Crippen LogP) is 7.39. The Morgan fingerprint density at radius 3 is 2.15 bits per heavy atom. The van der Waals surface area contributed by atoms with E-state index in [1.54, 1.807) is 0 Å². The van der Waals surface area contributed by atoms with E-state index in [1.807, 2.05) is 0 Å². The van der Waals surface area contributed by atoms with Gasteiger partial charge in [0.15, 0.2) is 0 Å². The van der Waals surface area contributed by atoms with E-state index in [-0.39, 0.29) is 23.5 Å². The lowest BCUT2D eigenvalue weighted by molar-refractivity contribution is -0.281. The van der Waals surface area contributed by atoms with Crippen LogP contribution in [0.1, 0.15) is 113 Å². The Morgan fingerprint density at radius 2 is 1.48 bits per heavy atom. The smallest absolute Gasteiger partial charge is 0.0644 e. The maximum atomic E-state index is 11.1. The van der Waals surface area contributed by atoms with Gasteiger partial charge in [-0.1, -0.05) is 61.5 Å². The second kappa shape index (κ2) is 7.12. The zero-order chi connectivity index (χ0) is 24.2. The van der Waals surface area contributed by atoms with Gasteiger partial charge in [-0.15, -0.1) is 0 Å². The Balaban J connectivity index is 1.57. The Labute approximate surface area is 204 Å². The topological polar surface area (TPSA) is 40.5 Å². The molecule has 0 aromatic heterocycles. The minimum Gasteiger partial charge on any atom is -0.393 e. The summed E-state index contributed by atoms with van der Waals surface area (Å²) in [4.78, 5) is 0. The van der Waals surface area contributed by atoms with Crippen LogP contribution >= 0.6 is 0 Å². The van der Waals surface area contributed by atoms with E-state index in [9.17, 15) is 10.2 Å². The van der Waals surface area contributed by atoms with Crippen LogP contribution in [0, 0.1) is 56.2 Å². The Morgan fingerprint density at radius 1 is 0.818 bits per heavy atom. The van der Waals surface area contributed by atoms with Crippen LogP contribution in [0.4, 0.5) is 0 Å². The SMILES string of the molecule is C[C@@H]1C(CO)=CC[C@]2(C)CC[C@]3(C)[C@H](CC[C@@H]4[C@@]5(C)CC[C@H](O)C(C)(C)[C@]5(C)CC[C@]43C)[C@@H]12. The number of allylic oxidation sites excluding steroid dienone is 1. The summed E-state index contributed by atoms with van der Waals surface area (Å²) in [6.07, 6.45) is 13.5. The van der Waals surface area contributed by atoms with Crippen molar-refractivity contribution in [2.45, 2.75) is 119 Å². The normalized spacial score (nSPS) is 57.8. The number of hydrogen-bond acceptors (Lipinski definition) is 2. The molecule has 2 nitrogen and oxygen atoms in total. The molecule has 5 aliphatic rings. The Hall–Kier alpha value is -0.340. The second-order valence-electron chi connectivity index (χ2n) is 15.2. The highest BCUT2D eigenvalue weighted by Gasteiger charge is 2.72. The molecular weight excluding hydrogens is 404 g/mol. The highest BCUT2D eigenvalue weighted by atomic mass is 16.3. The fourth-order valence-electron chi connectivity index (χ4n) is 11.6. The number of aliphatic hydroxyl groups is 2. The molecule has 5 rings (SSSR count). The molecule has 0 spiro atoms. The average molecular weight is 457 g/mol. The molecule has 0 aromatic rings. The molecule has 0 amide bonds. The van der Waals surface area contributed by atoms with E-state index in [2.05, 4.69) is 61.5 Å². The van der Waals surface area contributed by atoms with E-state index in [1.165, 1.54) is 50.5 Å². The van der Waals surface area contributed by atoms with Gasteiger partial charge in [-0.2, -0.15) is 0 Å². The van der Waals surface area contributed by atoms with Gasteiger partial charge in [0, 0.05) is 0 Å². The molecule has 0 saturated heterocycles. The third-order valence-electron chi connectivity index (χ3n) is 14.6. The Kier molecular flexibility index (Phi) is 5.25. The highest BCUT2D eigenvalue weighted by molar-refractivity contribution is 5.24. The quantitative estimate of drug-likeness (QED) is 0.404. The highest BCUT2D eigenvalue weighted by Crippen LogP contribution is 2.79. The van der Waals surface area contributed by atoms with Gasteiger partial charge in [0.05, 0.1) is 12.7 Å². The number of fused-ring (bicyclic) bond motifs is 7. The van der Waals surface area contributed by atoms with Crippen molar-refractivity contribution in [1.82, 2.24) is 0 Å². The molecule has 2 heteroatoms. The predicted molar refractivity (Wildman–Crippen MR) is 137 cm³/mol. The molecule has 4 fully saturated rings.